The van der Waals surface area contributed by atoms with E-state index in [-0.39, 0.29) is 0 Å². The third-order valence-corrected chi connectivity index (χ3v) is 2.97. The predicted octanol–water partition coefficient (Wildman–Crippen LogP) is 2.35. The molecule has 19 heavy (non-hydrogen) atoms. The van der Waals surface area contributed by atoms with E-state index in [4.69, 9.17) is 14.9 Å². The van der Waals surface area contributed by atoms with Gasteiger partial charge in [-0.05, 0) is 43.4 Å². The Morgan fingerprint density at radius 1 is 1.16 bits per heavy atom. The molecular formula is C15H20N2O2. The molecule has 0 saturated heterocycles. The molecule has 2 rings (SSSR count). The molecule has 2 aromatic rings. The van der Waals surface area contributed by atoms with Gasteiger partial charge in [0.2, 0.25) is 0 Å². The third kappa shape index (κ3) is 3.59. The van der Waals surface area contributed by atoms with Gasteiger partial charge in [0, 0.05) is 18.7 Å². The van der Waals surface area contributed by atoms with Crippen LogP contribution in [0.15, 0.2) is 40.8 Å². The van der Waals surface area contributed by atoms with Crippen molar-refractivity contribution in [3.8, 4) is 17.1 Å². The van der Waals surface area contributed by atoms with Crippen molar-refractivity contribution in [1.82, 2.24) is 4.90 Å². The molecule has 4 nitrogen and oxygen atoms in total. The van der Waals surface area contributed by atoms with Crippen molar-refractivity contribution in [3.05, 3.63) is 42.2 Å². The van der Waals surface area contributed by atoms with Crippen molar-refractivity contribution in [2.75, 3.05) is 27.2 Å². The highest BCUT2D eigenvalue weighted by atomic mass is 16.5. The number of ether oxygens (including phenoxy) is 1. The molecule has 0 amide bonds. The van der Waals surface area contributed by atoms with Gasteiger partial charge in [-0.1, -0.05) is 0 Å². The number of likely N-dealkylation sites (N-methyl/N-ethyl adjacent to an activating group) is 1. The van der Waals surface area contributed by atoms with E-state index in [9.17, 15) is 0 Å². The Balaban J connectivity index is 2.07. The van der Waals surface area contributed by atoms with E-state index in [1.807, 2.05) is 43.4 Å². The SMILES string of the molecule is COc1ccc(-c2ccc(CN(C)CCN)o2)cc1. The Morgan fingerprint density at radius 2 is 1.89 bits per heavy atom. The van der Waals surface area contributed by atoms with Gasteiger partial charge in [-0.25, -0.2) is 0 Å². The van der Waals surface area contributed by atoms with Crippen molar-refractivity contribution in [3.63, 3.8) is 0 Å². The Kier molecular flexibility index (Phi) is 4.60. The van der Waals surface area contributed by atoms with Gasteiger partial charge in [-0.3, -0.25) is 4.90 Å². The van der Waals surface area contributed by atoms with E-state index in [1.54, 1.807) is 7.11 Å². The van der Waals surface area contributed by atoms with Crippen LogP contribution in [-0.4, -0.2) is 32.1 Å². The van der Waals surface area contributed by atoms with Crippen molar-refractivity contribution in [2.45, 2.75) is 6.54 Å². The highest BCUT2D eigenvalue weighted by molar-refractivity contribution is 5.58. The number of rotatable bonds is 6. The summed E-state index contributed by atoms with van der Waals surface area (Å²) >= 11 is 0. The maximum atomic E-state index is 5.84. The minimum absolute atomic E-state index is 0.655. The third-order valence-electron chi connectivity index (χ3n) is 2.97. The second kappa shape index (κ2) is 6.41. The first-order valence-corrected chi connectivity index (χ1v) is 6.34. The zero-order valence-electron chi connectivity index (χ0n) is 11.4. The van der Waals surface area contributed by atoms with Crippen molar-refractivity contribution in [1.29, 1.82) is 0 Å². The first kappa shape index (κ1) is 13.6. The summed E-state index contributed by atoms with van der Waals surface area (Å²) in [6, 6.07) is 11.8. The molecule has 0 aliphatic carbocycles. The average Bonchev–Trinajstić information content (AvgIpc) is 2.87. The lowest BCUT2D eigenvalue weighted by atomic mass is 10.2. The molecule has 0 unspecified atom stereocenters. The Morgan fingerprint density at radius 3 is 2.53 bits per heavy atom. The van der Waals surface area contributed by atoms with E-state index in [0.717, 1.165) is 35.9 Å². The van der Waals surface area contributed by atoms with Crippen LogP contribution in [0, 0.1) is 0 Å². The molecule has 0 atom stereocenters. The Hall–Kier alpha value is -1.78. The average molecular weight is 260 g/mol. The molecule has 0 aliphatic rings. The molecule has 1 aromatic carbocycles. The molecule has 0 radical (unpaired) electrons. The minimum Gasteiger partial charge on any atom is -0.497 e. The van der Waals surface area contributed by atoms with Crippen molar-refractivity contribution in [2.24, 2.45) is 5.73 Å². The fourth-order valence-electron chi connectivity index (χ4n) is 1.94. The summed E-state index contributed by atoms with van der Waals surface area (Å²) < 4.78 is 11.0. The molecule has 4 heteroatoms. The largest absolute Gasteiger partial charge is 0.497 e. The van der Waals surface area contributed by atoms with Crippen LogP contribution in [0.5, 0.6) is 5.75 Å². The summed E-state index contributed by atoms with van der Waals surface area (Å²) in [7, 11) is 3.69. The Labute approximate surface area is 113 Å². The lowest BCUT2D eigenvalue weighted by molar-refractivity contribution is 0.304. The van der Waals surface area contributed by atoms with E-state index in [1.165, 1.54) is 0 Å². The first-order chi connectivity index (χ1) is 9.22. The van der Waals surface area contributed by atoms with Crippen molar-refractivity contribution < 1.29 is 9.15 Å². The molecule has 2 N–H and O–H groups in total. The van der Waals surface area contributed by atoms with Gasteiger partial charge in [0.05, 0.1) is 13.7 Å². The summed E-state index contributed by atoms with van der Waals surface area (Å²) in [6.45, 7) is 2.29. The molecule has 0 spiro atoms. The van der Waals surface area contributed by atoms with Gasteiger partial charge in [-0.15, -0.1) is 0 Å². The zero-order chi connectivity index (χ0) is 13.7. The first-order valence-electron chi connectivity index (χ1n) is 6.34. The van der Waals surface area contributed by atoms with Crippen LogP contribution in [0.25, 0.3) is 11.3 Å². The minimum atomic E-state index is 0.655. The second-order valence-corrected chi connectivity index (χ2v) is 4.52. The van der Waals surface area contributed by atoms with Crippen LogP contribution in [0.2, 0.25) is 0 Å². The highest BCUT2D eigenvalue weighted by Gasteiger charge is 2.07. The number of hydrogen-bond donors (Lipinski definition) is 1. The molecule has 102 valence electrons. The monoisotopic (exact) mass is 260 g/mol. The van der Waals surface area contributed by atoms with Crippen LogP contribution in [0.3, 0.4) is 0 Å². The summed E-state index contributed by atoms with van der Waals surface area (Å²) in [5.74, 6) is 2.67. The molecule has 1 aromatic heterocycles. The van der Waals surface area contributed by atoms with Crippen molar-refractivity contribution >= 4 is 0 Å². The van der Waals surface area contributed by atoms with E-state index >= 15 is 0 Å². The molecule has 0 saturated carbocycles. The van der Waals surface area contributed by atoms with Crippen LogP contribution < -0.4 is 10.5 Å². The fraction of sp³-hybridized carbons (Fsp3) is 0.333. The van der Waals surface area contributed by atoms with Crippen LogP contribution in [-0.2, 0) is 6.54 Å². The van der Waals surface area contributed by atoms with Gasteiger partial charge in [0.25, 0.3) is 0 Å². The van der Waals surface area contributed by atoms with Crippen LogP contribution in [0.4, 0.5) is 0 Å². The molecule has 0 fully saturated rings. The molecular weight excluding hydrogens is 240 g/mol. The standard InChI is InChI=1S/C15H20N2O2/c1-17(10-9-16)11-14-7-8-15(19-14)12-3-5-13(18-2)6-4-12/h3-8H,9-11,16H2,1-2H3. The number of methoxy groups -OCH3 is 1. The molecule has 1 heterocycles. The van der Waals surface area contributed by atoms with Gasteiger partial charge >= 0.3 is 0 Å². The Bertz CT molecular complexity index is 505. The molecule has 0 aliphatic heterocycles. The second-order valence-electron chi connectivity index (χ2n) is 4.52. The normalized spacial score (nSPS) is 10.9. The number of benzene rings is 1. The van der Waals surface area contributed by atoms with Gasteiger partial charge in [-0.2, -0.15) is 0 Å². The summed E-state index contributed by atoms with van der Waals surface area (Å²) in [6.07, 6.45) is 0. The smallest absolute Gasteiger partial charge is 0.134 e. The van der Waals surface area contributed by atoms with E-state index < -0.39 is 0 Å². The quantitative estimate of drug-likeness (QED) is 0.866. The number of furan rings is 1. The predicted molar refractivity (Wildman–Crippen MR) is 76.1 cm³/mol. The lowest BCUT2D eigenvalue weighted by Gasteiger charge is -2.12. The van der Waals surface area contributed by atoms with Crippen LogP contribution >= 0.6 is 0 Å². The number of nitrogens with two attached hydrogens (primary N) is 1. The summed E-state index contributed by atoms with van der Waals surface area (Å²) in [4.78, 5) is 2.14. The van der Waals surface area contributed by atoms with Gasteiger partial charge in [0.15, 0.2) is 0 Å². The highest BCUT2D eigenvalue weighted by Crippen LogP contribution is 2.24. The number of hydrogen-bond acceptors (Lipinski definition) is 4. The van der Waals surface area contributed by atoms with Crippen LogP contribution in [0.1, 0.15) is 5.76 Å². The van der Waals surface area contributed by atoms with E-state index in [2.05, 4.69) is 4.90 Å². The fourth-order valence-corrected chi connectivity index (χ4v) is 1.94. The molecule has 0 bridgehead atoms. The van der Waals surface area contributed by atoms with Gasteiger partial charge in [0.1, 0.15) is 17.3 Å². The maximum Gasteiger partial charge on any atom is 0.134 e. The summed E-state index contributed by atoms with van der Waals surface area (Å²) in [5.41, 5.74) is 6.57. The lowest BCUT2D eigenvalue weighted by Crippen LogP contribution is -2.24. The summed E-state index contributed by atoms with van der Waals surface area (Å²) in [5, 5.41) is 0. The van der Waals surface area contributed by atoms with Gasteiger partial charge < -0.3 is 14.9 Å². The number of nitrogens with zero attached hydrogens (tertiary/aromatic N) is 1. The van der Waals surface area contributed by atoms with E-state index in [0.29, 0.717) is 6.54 Å². The zero-order valence-corrected chi connectivity index (χ0v) is 11.4. The maximum absolute atomic E-state index is 5.84. The topological polar surface area (TPSA) is 51.6 Å².